The highest BCUT2D eigenvalue weighted by Gasteiger charge is 2.51. The molecule has 2 aromatic rings. The summed E-state index contributed by atoms with van der Waals surface area (Å²) in [6.07, 6.45) is 7.12. The van der Waals surface area contributed by atoms with Crippen LogP contribution in [0.1, 0.15) is 36.9 Å². The number of hydrogen-bond donors (Lipinski definition) is 2. The number of aromatic amines is 1. The number of nitrogens with zero attached hydrogens (tertiary/aromatic N) is 4. The van der Waals surface area contributed by atoms with Gasteiger partial charge in [-0.2, -0.15) is 5.10 Å². The van der Waals surface area contributed by atoms with Crippen LogP contribution in [0.25, 0.3) is 0 Å². The van der Waals surface area contributed by atoms with Crippen molar-refractivity contribution in [2.45, 2.75) is 50.9 Å². The highest BCUT2D eigenvalue weighted by atomic mass is 32.1. The summed E-state index contributed by atoms with van der Waals surface area (Å²) in [4.78, 5) is 30.5. The summed E-state index contributed by atoms with van der Waals surface area (Å²) in [7, 11) is 0. The number of hydrogen-bond acceptors (Lipinski definition) is 6. The average molecular weight is 415 g/mol. The molecule has 4 atom stereocenters. The van der Waals surface area contributed by atoms with E-state index in [0.717, 1.165) is 44.6 Å². The zero-order valence-corrected chi connectivity index (χ0v) is 17.1. The van der Waals surface area contributed by atoms with E-state index in [9.17, 15) is 9.59 Å². The van der Waals surface area contributed by atoms with E-state index in [1.54, 1.807) is 6.20 Å². The molecule has 0 unspecified atom stereocenters. The molecule has 3 saturated heterocycles. The zero-order valence-electron chi connectivity index (χ0n) is 16.3. The SMILES string of the molecule is O=C(NCc1ccn[nH]1)[C@H]1[C@@H]2C[C@@H](CN(Cc3cnsc3)C2)[C@@H]2CCCC(=O)N21. The molecule has 0 aliphatic carbocycles. The van der Waals surface area contributed by atoms with Crippen molar-refractivity contribution >= 4 is 23.3 Å². The minimum atomic E-state index is -0.379. The van der Waals surface area contributed by atoms with Crippen LogP contribution >= 0.6 is 11.5 Å². The lowest BCUT2D eigenvalue weighted by atomic mass is 9.71. The van der Waals surface area contributed by atoms with Crippen LogP contribution in [-0.2, 0) is 22.7 Å². The van der Waals surface area contributed by atoms with Crippen LogP contribution in [0, 0.1) is 11.8 Å². The Morgan fingerprint density at radius 3 is 3.03 bits per heavy atom. The van der Waals surface area contributed by atoms with Gasteiger partial charge in [-0.3, -0.25) is 19.6 Å². The monoisotopic (exact) mass is 414 g/mol. The van der Waals surface area contributed by atoms with E-state index in [1.807, 2.05) is 17.2 Å². The number of carbonyl (C=O) groups excluding carboxylic acids is 2. The summed E-state index contributed by atoms with van der Waals surface area (Å²) in [5.74, 6) is 0.720. The Labute approximate surface area is 173 Å². The van der Waals surface area contributed by atoms with Crippen LogP contribution in [0.15, 0.2) is 23.8 Å². The molecule has 2 amide bonds. The number of likely N-dealkylation sites (tertiary alicyclic amines) is 1. The second-order valence-electron chi connectivity index (χ2n) is 8.49. The van der Waals surface area contributed by atoms with Gasteiger partial charge in [0, 0.05) is 55.8 Å². The minimum Gasteiger partial charge on any atom is -0.349 e. The molecule has 154 valence electrons. The van der Waals surface area contributed by atoms with Gasteiger partial charge in [0.1, 0.15) is 6.04 Å². The predicted molar refractivity (Wildman–Crippen MR) is 108 cm³/mol. The van der Waals surface area contributed by atoms with Crippen molar-refractivity contribution in [3.05, 3.63) is 35.1 Å². The molecule has 3 fully saturated rings. The summed E-state index contributed by atoms with van der Waals surface area (Å²) in [6.45, 7) is 3.10. The normalized spacial score (nSPS) is 29.5. The van der Waals surface area contributed by atoms with Gasteiger partial charge in [0.25, 0.3) is 0 Å². The molecule has 0 aromatic carbocycles. The first-order valence-electron chi connectivity index (χ1n) is 10.4. The van der Waals surface area contributed by atoms with E-state index in [4.69, 9.17) is 0 Å². The minimum absolute atomic E-state index is 0.0395. The number of fused-ring (bicyclic) bond motifs is 4. The molecular formula is C20H26N6O2S. The lowest BCUT2D eigenvalue weighted by Gasteiger charge is -2.55. The van der Waals surface area contributed by atoms with Crippen molar-refractivity contribution in [1.82, 2.24) is 29.7 Å². The fraction of sp³-hybridized carbons (Fsp3) is 0.600. The Kier molecular flexibility index (Phi) is 5.09. The number of carbonyl (C=O) groups is 2. The van der Waals surface area contributed by atoms with Crippen LogP contribution in [0.4, 0.5) is 0 Å². The van der Waals surface area contributed by atoms with E-state index in [1.165, 1.54) is 17.1 Å². The summed E-state index contributed by atoms with van der Waals surface area (Å²) < 4.78 is 4.22. The molecule has 3 aliphatic rings. The number of rotatable bonds is 5. The van der Waals surface area contributed by atoms with Gasteiger partial charge in [0.15, 0.2) is 0 Å². The topological polar surface area (TPSA) is 94.2 Å². The van der Waals surface area contributed by atoms with E-state index in [-0.39, 0.29) is 29.8 Å². The average Bonchev–Trinajstić information content (AvgIpc) is 3.41. The fourth-order valence-electron chi connectivity index (χ4n) is 5.45. The summed E-state index contributed by atoms with van der Waals surface area (Å²) in [5.41, 5.74) is 2.09. The van der Waals surface area contributed by atoms with Crippen LogP contribution in [0.2, 0.25) is 0 Å². The molecule has 0 saturated carbocycles. The molecule has 0 spiro atoms. The van der Waals surface area contributed by atoms with Crippen LogP contribution in [0.5, 0.6) is 0 Å². The van der Waals surface area contributed by atoms with Gasteiger partial charge in [-0.05, 0) is 48.3 Å². The van der Waals surface area contributed by atoms with Crippen LogP contribution < -0.4 is 5.32 Å². The van der Waals surface area contributed by atoms with E-state index >= 15 is 0 Å². The van der Waals surface area contributed by atoms with Crippen molar-refractivity contribution in [2.75, 3.05) is 13.1 Å². The van der Waals surface area contributed by atoms with E-state index < -0.39 is 0 Å². The van der Waals surface area contributed by atoms with E-state index in [0.29, 0.717) is 18.9 Å². The number of piperidine rings is 3. The Balaban J connectivity index is 1.36. The summed E-state index contributed by atoms with van der Waals surface area (Å²) in [5, 5.41) is 11.9. The maximum Gasteiger partial charge on any atom is 0.243 e. The highest BCUT2D eigenvalue weighted by molar-refractivity contribution is 7.03. The highest BCUT2D eigenvalue weighted by Crippen LogP contribution is 2.42. The van der Waals surface area contributed by atoms with Gasteiger partial charge in [-0.15, -0.1) is 0 Å². The van der Waals surface area contributed by atoms with Gasteiger partial charge < -0.3 is 10.2 Å². The van der Waals surface area contributed by atoms with Crippen molar-refractivity contribution in [3.8, 4) is 0 Å². The lowest BCUT2D eigenvalue weighted by Crippen LogP contribution is -2.68. The van der Waals surface area contributed by atoms with Crippen molar-refractivity contribution in [2.24, 2.45) is 11.8 Å². The zero-order chi connectivity index (χ0) is 19.8. The van der Waals surface area contributed by atoms with Crippen LogP contribution in [-0.4, -0.2) is 61.4 Å². The molecule has 2 N–H and O–H groups in total. The molecular weight excluding hydrogens is 388 g/mol. The van der Waals surface area contributed by atoms with Gasteiger partial charge >= 0.3 is 0 Å². The molecule has 0 radical (unpaired) electrons. The van der Waals surface area contributed by atoms with Crippen LogP contribution in [0.3, 0.4) is 0 Å². The third kappa shape index (κ3) is 3.69. The van der Waals surface area contributed by atoms with Gasteiger partial charge in [0.2, 0.25) is 11.8 Å². The Morgan fingerprint density at radius 1 is 1.34 bits per heavy atom. The summed E-state index contributed by atoms with van der Waals surface area (Å²) in [6, 6.07) is 1.65. The first-order chi connectivity index (χ1) is 14.2. The number of nitrogens with one attached hydrogen (secondary N) is 2. The second kappa shape index (κ2) is 7.87. The van der Waals surface area contributed by atoms with Gasteiger partial charge in [-0.1, -0.05) is 0 Å². The van der Waals surface area contributed by atoms with Gasteiger partial charge in [0.05, 0.1) is 12.2 Å². The molecule has 9 heteroatoms. The van der Waals surface area contributed by atoms with Crippen molar-refractivity contribution < 1.29 is 9.59 Å². The number of aromatic nitrogens is 3. The predicted octanol–water partition coefficient (Wildman–Crippen LogP) is 1.38. The third-order valence-corrected chi connectivity index (χ3v) is 7.22. The van der Waals surface area contributed by atoms with E-state index in [2.05, 4.69) is 30.2 Å². The molecule has 3 aliphatic heterocycles. The first kappa shape index (κ1) is 18.7. The molecule has 8 nitrogen and oxygen atoms in total. The fourth-order valence-corrected chi connectivity index (χ4v) is 5.98. The number of H-pyrrole nitrogens is 1. The quantitative estimate of drug-likeness (QED) is 0.771. The maximum absolute atomic E-state index is 13.3. The van der Waals surface area contributed by atoms with Crippen molar-refractivity contribution in [3.63, 3.8) is 0 Å². The standard InChI is InChI=1S/C20H26N6O2S/c27-18-3-1-2-17-14-6-15(11-25(10-14)9-13-7-23-29-12-13)19(26(17)18)20(28)21-8-16-4-5-22-24-16/h4-5,7,12,14-15,17,19H,1-3,6,8-11H2,(H,21,28)(H,22,24)/t14-,15+,17-,19+/m0/s1. The smallest absolute Gasteiger partial charge is 0.243 e. The Morgan fingerprint density at radius 2 is 2.24 bits per heavy atom. The molecule has 2 bridgehead atoms. The third-order valence-electron chi connectivity index (χ3n) is 6.59. The maximum atomic E-state index is 13.3. The van der Waals surface area contributed by atoms with Crippen molar-refractivity contribution in [1.29, 1.82) is 0 Å². The molecule has 5 rings (SSSR count). The van der Waals surface area contributed by atoms with Gasteiger partial charge in [-0.25, -0.2) is 4.37 Å². The summed E-state index contributed by atoms with van der Waals surface area (Å²) >= 11 is 1.48. The molecule has 2 aromatic heterocycles. The Bertz CT molecular complexity index is 854. The second-order valence-corrected chi connectivity index (χ2v) is 9.15. The first-order valence-corrected chi connectivity index (χ1v) is 11.2. The molecule has 5 heterocycles. The largest absolute Gasteiger partial charge is 0.349 e. The molecule has 29 heavy (non-hydrogen) atoms. The number of amides is 2. The lowest BCUT2D eigenvalue weighted by molar-refractivity contribution is -0.160. The Hall–Kier alpha value is -2.26.